The van der Waals surface area contributed by atoms with Gasteiger partial charge in [0.15, 0.2) is 0 Å². The van der Waals surface area contributed by atoms with Gasteiger partial charge in [-0.15, -0.1) is 0 Å². The molecule has 0 aliphatic carbocycles. The van der Waals surface area contributed by atoms with Crippen LogP contribution in [0.5, 0.6) is 5.75 Å². The fourth-order valence-corrected chi connectivity index (χ4v) is 2.15. The highest BCUT2D eigenvalue weighted by atomic mass is 79.9. The number of hydrogen-bond donors (Lipinski definition) is 0. The molecule has 3 nitrogen and oxygen atoms in total. The Morgan fingerprint density at radius 1 is 1.50 bits per heavy atom. The molecule has 0 unspecified atom stereocenters. The van der Waals surface area contributed by atoms with Gasteiger partial charge >= 0.3 is 0 Å². The van der Waals surface area contributed by atoms with Gasteiger partial charge in [-0.3, -0.25) is 4.79 Å². The van der Waals surface area contributed by atoms with E-state index in [4.69, 9.17) is 16.3 Å². The van der Waals surface area contributed by atoms with Crippen LogP contribution in [0, 0.1) is 0 Å². The van der Waals surface area contributed by atoms with E-state index in [1.54, 1.807) is 31.2 Å². The molecule has 0 saturated heterocycles. The Morgan fingerprint density at radius 3 is 2.61 bits per heavy atom. The van der Waals surface area contributed by atoms with E-state index in [0.29, 0.717) is 11.6 Å². The van der Waals surface area contributed by atoms with Crippen molar-refractivity contribution in [2.24, 2.45) is 0 Å². The van der Waals surface area contributed by atoms with Gasteiger partial charge in [-0.05, 0) is 32.0 Å². The van der Waals surface area contributed by atoms with Gasteiger partial charge in [0.25, 0.3) is 0 Å². The van der Waals surface area contributed by atoms with E-state index in [1.165, 1.54) is 0 Å². The lowest BCUT2D eigenvalue weighted by Gasteiger charge is -2.25. The van der Waals surface area contributed by atoms with Crippen molar-refractivity contribution in [2.75, 3.05) is 14.2 Å². The first-order valence-electron chi connectivity index (χ1n) is 5.52. The summed E-state index contributed by atoms with van der Waals surface area (Å²) in [7, 11) is 3.36. The van der Waals surface area contributed by atoms with Crippen LogP contribution in [0.2, 0.25) is 5.02 Å². The van der Waals surface area contributed by atoms with Crippen molar-refractivity contribution in [3.63, 3.8) is 0 Å². The van der Waals surface area contributed by atoms with Crippen LogP contribution in [0.1, 0.15) is 19.4 Å². The Kier molecular flexibility index (Phi) is 5.05. The van der Waals surface area contributed by atoms with E-state index >= 15 is 0 Å². The van der Waals surface area contributed by atoms with Gasteiger partial charge in [0.05, 0.1) is 11.4 Å². The lowest BCUT2D eigenvalue weighted by molar-refractivity contribution is -0.131. The van der Waals surface area contributed by atoms with Crippen LogP contribution >= 0.6 is 27.5 Å². The number of alkyl halides is 1. The number of benzene rings is 1. The number of carbonyl (C=O) groups excluding carboxylic acids is 1. The van der Waals surface area contributed by atoms with Crippen LogP contribution in [0.4, 0.5) is 0 Å². The minimum atomic E-state index is -0.576. The van der Waals surface area contributed by atoms with Crippen LogP contribution in [0.25, 0.3) is 0 Å². The lowest BCUT2D eigenvalue weighted by atomic mass is 10.1. The zero-order chi connectivity index (χ0) is 13.9. The molecule has 0 atom stereocenters. The molecule has 0 radical (unpaired) electrons. The first kappa shape index (κ1) is 15.3. The quantitative estimate of drug-likeness (QED) is 0.789. The van der Waals surface area contributed by atoms with Crippen LogP contribution in [0.15, 0.2) is 18.2 Å². The van der Waals surface area contributed by atoms with Crippen LogP contribution < -0.4 is 4.74 Å². The van der Waals surface area contributed by atoms with E-state index in [-0.39, 0.29) is 5.91 Å². The average molecular weight is 335 g/mol. The molecule has 0 aliphatic heterocycles. The van der Waals surface area contributed by atoms with Crippen molar-refractivity contribution in [3.8, 4) is 5.75 Å². The smallest absolute Gasteiger partial charge is 0.238 e. The van der Waals surface area contributed by atoms with Gasteiger partial charge < -0.3 is 9.64 Å². The zero-order valence-electron chi connectivity index (χ0n) is 11.0. The van der Waals surface area contributed by atoms with E-state index in [1.807, 2.05) is 19.9 Å². The summed E-state index contributed by atoms with van der Waals surface area (Å²) in [6.07, 6.45) is 0. The van der Waals surface area contributed by atoms with Gasteiger partial charge in [-0.1, -0.05) is 27.5 Å². The second kappa shape index (κ2) is 5.93. The number of rotatable bonds is 4. The number of methoxy groups -OCH3 is 1. The first-order chi connectivity index (χ1) is 8.25. The van der Waals surface area contributed by atoms with Gasteiger partial charge in [0.1, 0.15) is 5.75 Å². The van der Waals surface area contributed by atoms with Crippen molar-refractivity contribution >= 4 is 33.4 Å². The number of amides is 1. The van der Waals surface area contributed by atoms with Crippen LogP contribution in [0.3, 0.4) is 0 Å². The van der Waals surface area contributed by atoms with Crippen molar-refractivity contribution in [2.45, 2.75) is 24.7 Å². The fourth-order valence-electron chi connectivity index (χ4n) is 1.65. The number of carbonyl (C=O) groups is 1. The Hall–Kier alpha value is -0.740. The number of hydrogen-bond acceptors (Lipinski definition) is 2. The summed E-state index contributed by atoms with van der Waals surface area (Å²) in [5.41, 5.74) is 0.887. The topological polar surface area (TPSA) is 29.5 Å². The standard InChI is InChI=1S/C13H17BrClNO2/c1-13(2,14)12(17)16(3)8-9-7-10(15)5-6-11(9)18-4/h5-7H,8H2,1-4H3. The predicted octanol–water partition coefficient (Wildman–Crippen LogP) is 3.48. The second-order valence-electron chi connectivity index (χ2n) is 4.59. The highest BCUT2D eigenvalue weighted by Gasteiger charge is 2.27. The molecule has 0 spiro atoms. The molecule has 5 heteroatoms. The summed E-state index contributed by atoms with van der Waals surface area (Å²) in [6, 6.07) is 5.38. The Balaban J connectivity index is 2.91. The Labute approximate surface area is 121 Å². The molecule has 0 saturated carbocycles. The normalized spacial score (nSPS) is 11.2. The molecule has 100 valence electrons. The molecule has 18 heavy (non-hydrogen) atoms. The van der Waals surface area contributed by atoms with Crippen molar-refractivity contribution < 1.29 is 9.53 Å². The van der Waals surface area contributed by atoms with Gasteiger partial charge in [0.2, 0.25) is 5.91 Å². The molecule has 1 aromatic carbocycles. The van der Waals surface area contributed by atoms with E-state index in [0.717, 1.165) is 11.3 Å². The molecular weight excluding hydrogens is 318 g/mol. The van der Waals surface area contributed by atoms with Crippen molar-refractivity contribution in [1.29, 1.82) is 0 Å². The average Bonchev–Trinajstić information content (AvgIpc) is 2.27. The highest BCUT2D eigenvalue weighted by Crippen LogP contribution is 2.25. The molecule has 1 rings (SSSR count). The molecule has 0 bridgehead atoms. The largest absolute Gasteiger partial charge is 0.496 e. The molecular formula is C13H17BrClNO2. The summed E-state index contributed by atoms with van der Waals surface area (Å²) >= 11 is 9.32. The van der Waals surface area contributed by atoms with E-state index in [2.05, 4.69) is 15.9 Å². The summed E-state index contributed by atoms with van der Waals surface area (Å²) in [4.78, 5) is 13.7. The molecule has 1 amide bonds. The third kappa shape index (κ3) is 3.89. The minimum absolute atomic E-state index is 0.00419. The zero-order valence-corrected chi connectivity index (χ0v) is 13.3. The third-order valence-electron chi connectivity index (χ3n) is 2.51. The SMILES string of the molecule is COc1ccc(Cl)cc1CN(C)C(=O)C(C)(C)Br. The predicted molar refractivity (Wildman–Crippen MR) is 77.5 cm³/mol. The lowest BCUT2D eigenvalue weighted by Crippen LogP contribution is -2.38. The molecule has 0 fully saturated rings. The maximum atomic E-state index is 12.1. The highest BCUT2D eigenvalue weighted by molar-refractivity contribution is 9.10. The molecule has 0 aliphatic rings. The molecule has 1 aromatic rings. The number of ether oxygens (including phenoxy) is 1. The fraction of sp³-hybridized carbons (Fsp3) is 0.462. The number of nitrogens with zero attached hydrogens (tertiary/aromatic N) is 1. The summed E-state index contributed by atoms with van der Waals surface area (Å²) in [5, 5.41) is 0.629. The summed E-state index contributed by atoms with van der Waals surface area (Å²) < 4.78 is 4.68. The van der Waals surface area contributed by atoms with Crippen molar-refractivity contribution in [1.82, 2.24) is 4.90 Å². The molecule has 0 N–H and O–H groups in total. The van der Waals surface area contributed by atoms with Gasteiger partial charge in [-0.25, -0.2) is 0 Å². The van der Waals surface area contributed by atoms with E-state index < -0.39 is 4.32 Å². The maximum absolute atomic E-state index is 12.1. The van der Waals surface area contributed by atoms with E-state index in [9.17, 15) is 4.79 Å². The maximum Gasteiger partial charge on any atom is 0.238 e. The second-order valence-corrected chi connectivity index (χ2v) is 7.01. The summed E-state index contributed by atoms with van der Waals surface area (Å²) in [5.74, 6) is 0.732. The van der Waals surface area contributed by atoms with Gasteiger partial charge in [0, 0.05) is 24.2 Å². The van der Waals surface area contributed by atoms with Gasteiger partial charge in [-0.2, -0.15) is 0 Å². The third-order valence-corrected chi connectivity index (χ3v) is 3.08. The van der Waals surface area contributed by atoms with Crippen LogP contribution in [-0.4, -0.2) is 29.3 Å². The Morgan fingerprint density at radius 2 is 2.11 bits per heavy atom. The van der Waals surface area contributed by atoms with Crippen molar-refractivity contribution in [3.05, 3.63) is 28.8 Å². The monoisotopic (exact) mass is 333 g/mol. The number of halogens is 2. The van der Waals surface area contributed by atoms with Crippen LogP contribution in [-0.2, 0) is 11.3 Å². The molecule has 0 heterocycles. The minimum Gasteiger partial charge on any atom is -0.496 e. The summed E-state index contributed by atoms with van der Waals surface area (Å²) in [6.45, 7) is 4.10. The molecule has 0 aromatic heterocycles. The first-order valence-corrected chi connectivity index (χ1v) is 6.69. The Bertz CT molecular complexity index is 443.